The van der Waals surface area contributed by atoms with Crippen LogP contribution in [0.5, 0.6) is 0 Å². The molecule has 0 unspecified atom stereocenters. The van der Waals surface area contributed by atoms with Crippen LogP contribution < -0.4 is 4.72 Å². The molecule has 0 aliphatic heterocycles. The van der Waals surface area contributed by atoms with Gasteiger partial charge in [0.15, 0.2) is 0 Å². The first-order valence-electron chi connectivity index (χ1n) is 2.76. The van der Waals surface area contributed by atoms with Crippen LogP contribution in [0.4, 0.5) is 0 Å². The predicted molar refractivity (Wildman–Crippen MR) is 40.6 cm³/mol. The Hall–Kier alpha value is 0.0500. The summed E-state index contributed by atoms with van der Waals surface area (Å²) in [6, 6.07) is 0. The van der Waals surface area contributed by atoms with Crippen LogP contribution in [0.2, 0.25) is 0 Å². The summed E-state index contributed by atoms with van der Waals surface area (Å²) in [5.41, 5.74) is 0. The van der Waals surface area contributed by atoms with Gasteiger partial charge in [0, 0.05) is 0 Å². The first-order chi connectivity index (χ1) is 3.77. The molecule has 1 N–H and O–H groups in total. The van der Waals surface area contributed by atoms with Crippen LogP contribution in [0.25, 0.3) is 0 Å². The number of hydrogen-bond donors (Lipinski definition) is 1. The fourth-order valence-electron chi connectivity index (χ4n) is 0.264. The van der Waals surface area contributed by atoms with Crippen molar-refractivity contribution in [3.63, 3.8) is 0 Å². The first kappa shape index (κ1) is 8.05. The second-order valence-corrected chi connectivity index (χ2v) is 2.81. The molecule has 0 atom stereocenters. The lowest BCUT2D eigenvalue weighted by atomic mass is 10.2. The standard InChI is InChI=1S/C6H13NS/c1-6(2)4-5-8-7-3/h4-7H,1-3H3/b5-4-. The Labute approximate surface area is 55.7 Å². The zero-order chi connectivity index (χ0) is 6.41. The van der Waals surface area contributed by atoms with E-state index < -0.39 is 0 Å². The molecule has 0 bridgehead atoms. The van der Waals surface area contributed by atoms with Crippen LogP contribution in [0, 0.1) is 5.92 Å². The molecule has 0 heterocycles. The Morgan fingerprint density at radius 1 is 1.50 bits per heavy atom. The molecule has 0 aromatic carbocycles. The van der Waals surface area contributed by atoms with Gasteiger partial charge in [-0.1, -0.05) is 31.9 Å². The summed E-state index contributed by atoms with van der Waals surface area (Å²) in [5, 5.41) is 2.06. The highest BCUT2D eigenvalue weighted by atomic mass is 32.2. The van der Waals surface area contributed by atoms with Crippen LogP contribution in [0.15, 0.2) is 11.5 Å². The molecule has 8 heavy (non-hydrogen) atoms. The van der Waals surface area contributed by atoms with E-state index in [9.17, 15) is 0 Å². The molecule has 0 amide bonds. The molecule has 2 heteroatoms. The van der Waals surface area contributed by atoms with E-state index >= 15 is 0 Å². The molecular weight excluding hydrogens is 118 g/mol. The van der Waals surface area contributed by atoms with Crippen molar-refractivity contribution in [3.05, 3.63) is 11.5 Å². The third-order valence-corrected chi connectivity index (χ3v) is 1.18. The molecule has 0 radical (unpaired) electrons. The molecule has 48 valence electrons. The lowest BCUT2D eigenvalue weighted by molar-refractivity contribution is 0.833. The van der Waals surface area contributed by atoms with Crippen molar-refractivity contribution in [2.75, 3.05) is 7.05 Å². The number of rotatable bonds is 3. The third-order valence-electron chi connectivity index (χ3n) is 0.649. The zero-order valence-electron chi connectivity index (χ0n) is 5.64. The maximum Gasteiger partial charge on any atom is -0.00533 e. The van der Waals surface area contributed by atoms with Crippen molar-refractivity contribution < 1.29 is 0 Å². The fourth-order valence-corrected chi connectivity index (χ4v) is 0.793. The van der Waals surface area contributed by atoms with E-state index in [0.29, 0.717) is 5.92 Å². The van der Waals surface area contributed by atoms with Crippen molar-refractivity contribution in [1.29, 1.82) is 0 Å². The summed E-state index contributed by atoms with van der Waals surface area (Å²) in [5.74, 6) is 0.663. The van der Waals surface area contributed by atoms with Crippen LogP contribution in [-0.2, 0) is 0 Å². The van der Waals surface area contributed by atoms with Gasteiger partial charge in [-0.2, -0.15) is 0 Å². The van der Waals surface area contributed by atoms with Crippen LogP contribution >= 0.6 is 11.9 Å². The number of hydrogen-bond acceptors (Lipinski definition) is 2. The Kier molecular flexibility index (Phi) is 5.22. The number of nitrogens with one attached hydrogen (secondary N) is 1. The quantitative estimate of drug-likeness (QED) is 0.588. The maximum atomic E-state index is 2.95. The van der Waals surface area contributed by atoms with Gasteiger partial charge in [-0.3, -0.25) is 4.72 Å². The topological polar surface area (TPSA) is 12.0 Å². The SMILES string of the molecule is CNS/C=C\C(C)C. The third kappa shape index (κ3) is 6.05. The van der Waals surface area contributed by atoms with Gasteiger partial charge in [0.05, 0.1) is 0 Å². The van der Waals surface area contributed by atoms with E-state index in [1.54, 1.807) is 11.9 Å². The van der Waals surface area contributed by atoms with E-state index in [2.05, 4.69) is 30.1 Å². The van der Waals surface area contributed by atoms with Crippen molar-refractivity contribution in [3.8, 4) is 0 Å². The minimum Gasteiger partial charge on any atom is -0.264 e. The molecule has 0 fully saturated rings. The Morgan fingerprint density at radius 2 is 2.12 bits per heavy atom. The first-order valence-corrected chi connectivity index (χ1v) is 3.64. The van der Waals surface area contributed by atoms with Gasteiger partial charge in [0.2, 0.25) is 0 Å². The Bertz CT molecular complexity index is 68.9. The van der Waals surface area contributed by atoms with Gasteiger partial charge in [0.1, 0.15) is 0 Å². The van der Waals surface area contributed by atoms with Gasteiger partial charge in [-0.25, -0.2) is 0 Å². The van der Waals surface area contributed by atoms with E-state index in [-0.39, 0.29) is 0 Å². The van der Waals surface area contributed by atoms with Crippen molar-refractivity contribution >= 4 is 11.9 Å². The number of allylic oxidation sites excluding steroid dienone is 1. The Morgan fingerprint density at radius 3 is 2.50 bits per heavy atom. The monoisotopic (exact) mass is 131 g/mol. The molecular formula is C6H13NS. The smallest absolute Gasteiger partial charge is 0.00533 e. The Balaban J connectivity index is 3.07. The summed E-state index contributed by atoms with van der Waals surface area (Å²) >= 11 is 1.61. The van der Waals surface area contributed by atoms with Crippen molar-refractivity contribution in [2.24, 2.45) is 5.92 Å². The molecule has 0 spiro atoms. The van der Waals surface area contributed by atoms with Crippen LogP contribution in [-0.4, -0.2) is 7.05 Å². The molecule has 0 saturated heterocycles. The molecule has 0 aromatic rings. The summed E-state index contributed by atoms with van der Waals surface area (Å²) in [4.78, 5) is 0. The van der Waals surface area contributed by atoms with Gasteiger partial charge in [0.25, 0.3) is 0 Å². The normalized spacial score (nSPS) is 11.5. The molecule has 0 aliphatic carbocycles. The molecule has 0 aliphatic rings. The second-order valence-electron chi connectivity index (χ2n) is 1.89. The average molecular weight is 131 g/mol. The van der Waals surface area contributed by atoms with Crippen LogP contribution in [0.1, 0.15) is 13.8 Å². The summed E-state index contributed by atoms with van der Waals surface area (Å²) in [6.07, 6.45) is 2.15. The highest BCUT2D eigenvalue weighted by Gasteiger charge is 1.80. The average Bonchev–Trinajstić information content (AvgIpc) is 1.66. The minimum absolute atomic E-state index is 0.663. The fraction of sp³-hybridized carbons (Fsp3) is 0.667. The minimum atomic E-state index is 0.663. The zero-order valence-corrected chi connectivity index (χ0v) is 6.46. The van der Waals surface area contributed by atoms with E-state index in [0.717, 1.165) is 0 Å². The van der Waals surface area contributed by atoms with E-state index in [4.69, 9.17) is 0 Å². The van der Waals surface area contributed by atoms with Gasteiger partial charge < -0.3 is 0 Å². The van der Waals surface area contributed by atoms with Crippen molar-refractivity contribution in [1.82, 2.24) is 4.72 Å². The van der Waals surface area contributed by atoms with Crippen LogP contribution in [0.3, 0.4) is 0 Å². The predicted octanol–water partition coefficient (Wildman–Crippen LogP) is 2.02. The van der Waals surface area contributed by atoms with E-state index in [1.807, 2.05) is 7.05 Å². The molecule has 0 saturated carbocycles. The molecule has 1 nitrogen and oxygen atoms in total. The lowest BCUT2D eigenvalue weighted by Crippen LogP contribution is -1.86. The highest BCUT2D eigenvalue weighted by Crippen LogP contribution is 1.99. The summed E-state index contributed by atoms with van der Waals surface area (Å²) in [7, 11) is 1.91. The second kappa shape index (κ2) is 5.19. The van der Waals surface area contributed by atoms with Gasteiger partial charge in [-0.05, 0) is 18.4 Å². The van der Waals surface area contributed by atoms with Crippen molar-refractivity contribution in [2.45, 2.75) is 13.8 Å². The van der Waals surface area contributed by atoms with Gasteiger partial charge in [-0.15, -0.1) is 0 Å². The largest absolute Gasteiger partial charge is 0.264 e. The molecule has 0 aromatic heterocycles. The maximum absolute atomic E-state index is 2.95. The van der Waals surface area contributed by atoms with Gasteiger partial charge >= 0.3 is 0 Å². The van der Waals surface area contributed by atoms with E-state index in [1.165, 1.54) is 0 Å². The summed E-state index contributed by atoms with van der Waals surface area (Å²) < 4.78 is 2.95. The molecule has 0 rings (SSSR count). The highest BCUT2D eigenvalue weighted by molar-refractivity contribution is 8.00. The summed E-state index contributed by atoms with van der Waals surface area (Å²) in [6.45, 7) is 4.32. The lowest BCUT2D eigenvalue weighted by Gasteiger charge is -1.91.